The summed E-state index contributed by atoms with van der Waals surface area (Å²) in [5, 5.41) is 0.106. The van der Waals surface area contributed by atoms with E-state index in [0.717, 1.165) is 0 Å². The van der Waals surface area contributed by atoms with Crippen LogP contribution in [0, 0.1) is 5.92 Å². The molecule has 0 N–H and O–H groups in total. The first kappa shape index (κ1) is 14.8. The van der Waals surface area contributed by atoms with Crippen LogP contribution in [-0.2, 0) is 4.43 Å². The van der Waals surface area contributed by atoms with Gasteiger partial charge in [-0.15, -0.1) is 0 Å². The van der Waals surface area contributed by atoms with Gasteiger partial charge in [-0.05, 0) is 24.6 Å². The molecule has 1 unspecified atom stereocenters. The summed E-state index contributed by atoms with van der Waals surface area (Å²) in [6, 6.07) is 0. The molecule has 0 aromatic rings. The Morgan fingerprint density at radius 1 is 1.24 bits per heavy atom. The predicted octanol–water partition coefficient (Wildman–Crippen LogP) is 4.52. The first-order valence-corrected chi connectivity index (χ1v) is 8.77. The molecule has 1 aliphatic rings. The Kier molecular flexibility index (Phi) is 3.84. The van der Waals surface area contributed by atoms with Crippen molar-refractivity contribution in [3.8, 4) is 0 Å². The molecule has 1 aliphatic carbocycles. The lowest BCUT2D eigenvalue weighted by Gasteiger charge is -2.36. The molecular formula is C12H21F3OSi. The topological polar surface area (TPSA) is 9.23 Å². The van der Waals surface area contributed by atoms with E-state index in [2.05, 4.69) is 33.9 Å². The zero-order valence-corrected chi connectivity index (χ0v) is 12.1. The fraction of sp³-hybridized carbons (Fsp3) is 0.833. The number of halogens is 3. The quantitative estimate of drug-likeness (QED) is 0.537. The fourth-order valence-corrected chi connectivity index (χ4v) is 2.40. The van der Waals surface area contributed by atoms with E-state index in [9.17, 15) is 13.2 Å². The number of allylic oxidation sites excluding steroid dienone is 1. The minimum atomic E-state index is -4.09. The average molecular weight is 266 g/mol. The van der Waals surface area contributed by atoms with E-state index in [-0.39, 0.29) is 5.04 Å². The second-order valence-electron chi connectivity index (χ2n) is 6.12. The normalized spacial score (nSPS) is 21.4. The lowest BCUT2D eigenvalue weighted by Crippen LogP contribution is -2.41. The zero-order chi connectivity index (χ0) is 13.5. The minimum absolute atomic E-state index is 0.106. The molecule has 17 heavy (non-hydrogen) atoms. The monoisotopic (exact) mass is 266 g/mol. The molecule has 0 aromatic carbocycles. The van der Waals surface area contributed by atoms with E-state index in [1.54, 1.807) is 0 Å². The van der Waals surface area contributed by atoms with Gasteiger partial charge in [-0.2, -0.15) is 13.2 Å². The van der Waals surface area contributed by atoms with Crippen molar-refractivity contribution >= 4 is 8.32 Å². The summed E-state index contributed by atoms with van der Waals surface area (Å²) in [4.78, 5) is 0. The van der Waals surface area contributed by atoms with Crippen LogP contribution in [-0.4, -0.2) is 21.1 Å². The second kappa shape index (κ2) is 4.43. The Morgan fingerprint density at radius 2 is 1.76 bits per heavy atom. The van der Waals surface area contributed by atoms with Gasteiger partial charge in [-0.1, -0.05) is 32.4 Å². The van der Waals surface area contributed by atoms with Gasteiger partial charge in [0.05, 0.1) is 5.92 Å². The predicted molar refractivity (Wildman–Crippen MR) is 65.4 cm³/mol. The standard InChI is InChI=1S/C12H21F3OSi/c1-11(2,3)17(4,5)16-7-6-9-8-10(9)12(13,14)15/h8,10H,6-7H2,1-5H3. The Labute approximate surface area is 102 Å². The lowest BCUT2D eigenvalue weighted by atomic mass is 10.2. The summed E-state index contributed by atoms with van der Waals surface area (Å²) >= 11 is 0. The molecule has 0 saturated heterocycles. The fourth-order valence-electron chi connectivity index (χ4n) is 1.35. The van der Waals surface area contributed by atoms with Crippen LogP contribution in [0.25, 0.3) is 0 Å². The van der Waals surface area contributed by atoms with Gasteiger partial charge in [0, 0.05) is 6.61 Å². The number of alkyl halides is 3. The molecule has 0 saturated carbocycles. The molecule has 0 aromatic heterocycles. The van der Waals surface area contributed by atoms with E-state index in [1.807, 2.05) is 0 Å². The number of hydrogen-bond acceptors (Lipinski definition) is 1. The van der Waals surface area contributed by atoms with E-state index in [1.165, 1.54) is 6.08 Å². The summed E-state index contributed by atoms with van der Waals surface area (Å²) in [5.74, 6) is -1.27. The third kappa shape index (κ3) is 3.84. The molecule has 0 radical (unpaired) electrons. The Hall–Kier alpha value is -0.293. The van der Waals surface area contributed by atoms with Crippen molar-refractivity contribution < 1.29 is 17.6 Å². The lowest BCUT2D eigenvalue weighted by molar-refractivity contribution is -0.142. The molecule has 1 atom stereocenters. The Bertz CT molecular complexity index is 313. The summed E-state index contributed by atoms with van der Waals surface area (Å²) in [6.45, 7) is 11.0. The van der Waals surface area contributed by atoms with Crippen molar-refractivity contribution in [1.29, 1.82) is 0 Å². The maximum absolute atomic E-state index is 12.3. The van der Waals surface area contributed by atoms with E-state index >= 15 is 0 Å². The van der Waals surface area contributed by atoms with Gasteiger partial charge in [-0.25, -0.2) is 0 Å². The smallest absolute Gasteiger partial charge is 0.398 e. The Morgan fingerprint density at radius 3 is 2.12 bits per heavy atom. The van der Waals surface area contributed by atoms with E-state index < -0.39 is 20.4 Å². The molecule has 1 nitrogen and oxygen atoms in total. The SMILES string of the molecule is CC(C)(C)[Si](C)(C)OCCC1=CC1C(F)(F)F. The Balaban J connectivity index is 2.30. The molecule has 0 fully saturated rings. The highest BCUT2D eigenvalue weighted by molar-refractivity contribution is 6.74. The van der Waals surface area contributed by atoms with Crippen LogP contribution in [0.3, 0.4) is 0 Å². The molecule has 0 spiro atoms. The number of rotatable bonds is 4. The van der Waals surface area contributed by atoms with Crippen molar-refractivity contribution in [2.45, 2.75) is 51.5 Å². The average Bonchev–Trinajstić information content (AvgIpc) is 2.79. The molecular weight excluding hydrogens is 245 g/mol. The van der Waals surface area contributed by atoms with Crippen LogP contribution >= 0.6 is 0 Å². The molecule has 5 heteroatoms. The highest BCUT2D eigenvalue weighted by Crippen LogP contribution is 2.45. The van der Waals surface area contributed by atoms with Gasteiger partial charge >= 0.3 is 6.18 Å². The van der Waals surface area contributed by atoms with Crippen LogP contribution in [0.5, 0.6) is 0 Å². The van der Waals surface area contributed by atoms with Gasteiger partial charge in [-0.3, -0.25) is 0 Å². The molecule has 0 amide bonds. The van der Waals surface area contributed by atoms with Gasteiger partial charge < -0.3 is 4.43 Å². The van der Waals surface area contributed by atoms with Crippen LogP contribution in [0.4, 0.5) is 13.2 Å². The van der Waals surface area contributed by atoms with Crippen LogP contribution in [0.1, 0.15) is 27.2 Å². The molecule has 100 valence electrons. The summed E-state index contributed by atoms with van der Waals surface area (Å²) in [7, 11) is -1.82. The highest BCUT2D eigenvalue weighted by atomic mass is 28.4. The van der Waals surface area contributed by atoms with Crippen molar-refractivity contribution in [2.24, 2.45) is 5.92 Å². The largest absolute Gasteiger partial charge is 0.417 e. The highest BCUT2D eigenvalue weighted by Gasteiger charge is 2.47. The number of hydrogen-bond donors (Lipinski definition) is 0. The van der Waals surface area contributed by atoms with Crippen molar-refractivity contribution in [3.05, 3.63) is 11.6 Å². The molecule has 0 aliphatic heterocycles. The van der Waals surface area contributed by atoms with Crippen molar-refractivity contribution in [1.82, 2.24) is 0 Å². The molecule has 1 rings (SSSR count). The summed E-state index contributed by atoms with van der Waals surface area (Å²) in [5.41, 5.74) is 0.483. The minimum Gasteiger partial charge on any atom is -0.417 e. The third-order valence-electron chi connectivity index (χ3n) is 3.68. The summed E-state index contributed by atoms with van der Waals surface area (Å²) in [6.07, 6.45) is -2.39. The van der Waals surface area contributed by atoms with E-state index in [4.69, 9.17) is 4.43 Å². The van der Waals surface area contributed by atoms with Crippen LogP contribution in [0.2, 0.25) is 18.1 Å². The van der Waals surface area contributed by atoms with Gasteiger partial charge in [0.15, 0.2) is 8.32 Å². The van der Waals surface area contributed by atoms with Crippen LogP contribution < -0.4 is 0 Å². The van der Waals surface area contributed by atoms with Crippen LogP contribution in [0.15, 0.2) is 11.6 Å². The first-order valence-electron chi connectivity index (χ1n) is 5.86. The molecule has 0 bridgehead atoms. The first-order chi connectivity index (χ1) is 7.45. The summed E-state index contributed by atoms with van der Waals surface area (Å²) < 4.78 is 42.6. The third-order valence-corrected chi connectivity index (χ3v) is 8.22. The van der Waals surface area contributed by atoms with Gasteiger partial charge in [0.25, 0.3) is 0 Å². The maximum atomic E-state index is 12.3. The second-order valence-corrected chi connectivity index (χ2v) is 10.9. The van der Waals surface area contributed by atoms with Gasteiger partial charge in [0.2, 0.25) is 0 Å². The van der Waals surface area contributed by atoms with E-state index in [0.29, 0.717) is 18.6 Å². The van der Waals surface area contributed by atoms with Crippen molar-refractivity contribution in [3.63, 3.8) is 0 Å². The van der Waals surface area contributed by atoms with Crippen molar-refractivity contribution in [2.75, 3.05) is 6.61 Å². The molecule has 0 heterocycles. The zero-order valence-electron chi connectivity index (χ0n) is 11.1. The maximum Gasteiger partial charge on any atom is 0.398 e. The van der Waals surface area contributed by atoms with Gasteiger partial charge in [0.1, 0.15) is 0 Å².